The van der Waals surface area contributed by atoms with Crippen LogP contribution in [0.1, 0.15) is 48.5 Å². The lowest BCUT2D eigenvalue weighted by atomic mass is 9.95. The van der Waals surface area contributed by atoms with Crippen molar-refractivity contribution in [3.8, 4) is 0 Å². The second-order valence-electron chi connectivity index (χ2n) is 9.20. The van der Waals surface area contributed by atoms with Crippen molar-refractivity contribution in [1.82, 2.24) is 5.32 Å². The molecular weight excluding hydrogens is 542 g/mol. The Morgan fingerprint density at radius 3 is 1.68 bits per heavy atom. The average molecular weight is 578 g/mol. The van der Waals surface area contributed by atoms with Crippen LogP contribution >= 0.6 is 0 Å². The maximum absolute atomic E-state index is 12.0. The molecule has 2 aliphatic heterocycles. The molecule has 0 aromatic rings. The maximum Gasteiger partial charge on any atom is 0.303 e. The molecule has 16 nitrogen and oxygen atoms in total. The highest BCUT2D eigenvalue weighted by Crippen LogP contribution is 2.33. The van der Waals surface area contributed by atoms with E-state index in [1.54, 1.807) is 0 Å². The Morgan fingerprint density at radius 1 is 0.675 bits per heavy atom. The summed E-state index contributed by atoms with van der Waals surface area (Å²) < 4.78 is 43.9. The largest absolute Gasteiger partial charge is 0.463 e. The Hall–Kier alpha value is -3.34. The molecule has 2 heterocycles. The van der Waals surface area contributed by atoms with Crippen molar-refractivity contribution in [2.45, 2.75) is 110 Å². The highest BCUT2D eigenvalue weighted by molar-refractivity contribution is 5.73. The number of amides is 1. The molecule has 3 unspecified atom stereocenters. The van der Waals surface area contributed by atoms with E-state index in [1.165, 1.54) is 6.92 Å². The molecular formula is C24H35NO15. The van der Waals surface area contributed by atoms with Crippen LogP contribution in [0.5, 0.6) is 0 Å². The van der Waals surface area contributed by atoms with Crippen molar-refractivity contribution in [1.29, 1.82) is 0 Å². The lowest BCUT2D eigenvalue weighted by molar-refractivity contribution is -0.340. The van der Waals surface area contributed by atoms with Gasteiger partial charge in [-0.3, -0.25) is 28.8 Å². The summed E-state index contributed by atoms with van der Waals surface area (Å²) in [6.07, 6.45) is -12.7. The number of rotatable bonds is 9. The first-order valence-electron chi connectivity index (χ1n) is 12.3. The number of hydrogen-bond acceptors (Lipinski definition) is 15. The third kappa shape index (κ3) is 9.11. The van der Waals surface area contributed by atoms with Crippen LogP contribution in [0, 0.1) is 0 Å². The first-order valence-corrected chi connectivity index (χ1v) is 12.3. The SMILES string of the molecule is CC(=O)N[C@H]1C(O[C@@H]2OC(C)[C@@H](OC(C)=O)[C@H](OC(C)=O)[C@@H]2OC(C)=O)[C@H](OC(C)=O)C(COC(C)=O)O[C@H]1O. The van der Waals surface area contributed by atoms with Gasteiger partial charge in [0.2, 0.25) is 5.91 Å². The van der Waals surface area contributed by atoms with Gasteiger partial charge in [0.15, 0.2) is 37.0 Å². The van der Waals surface area contributed by atoms with E-state index in [0.717, 1.165) is 41.5 Å². The van der Waals surface area contributed by atoms with E-state index in [4.69, 9.17) is 37.9 Å². The van der Waals surface area contributed by atoms with Crippen molar-refractivity contribution < 1.29 is 71.8 Å². The highest BCUT2D eigenvalue weighted by atomic mass is 16.7. The molecule has 0 spiro atoms. The van der Waals surface area contributed by atoms with Gasteiger partial charge in [-0.2, -0.15) is 0 Å². The van der Waals surface area contributed by atoms with Crippen LogP contribution in [0.4, 0.5) is 0 Å². The topological polar surface area (TPSA) is 209 Å². The molecule has 16 heteroatoms. The normalized spacial score (nSPS) is 33.6. The zero-order valence-electron chi connectivity index (χ0n) is 23.1. The van der Waals surface area contributed by atoms with Crippen LogP contribution in [-0.4, -0.2) is 109 Å². The third-order valence-corrected chi connectivity index (χ3v) is 5.71. The summed E-state index contributed by atoms with van der Waals surface area (Å²) in [5.41, 5.74) is 0. The summed E-state index contributed by atoms with van der Waals surface area (Å²) in [4.78, 5) is 71.2. The van der Waals surface area contributed by atoms with Gasteiger partial charge >= 0.3 is 29.8 Å². The summed E-state index contributed by atoms with van der Waals surface area (Å²) in [6, 6.07) is -1.38. The minimum absolute atomic E-state index is 0.475. The molecule has 0 radical (unpaired) electrons. The predicted octanol–water partition coefficient (Wildman–Crippen LogP) is -1.37. The van der Waals surface area contributed by atoms with E-state index in [1.807, 2.05) is 0 Å². The Kier molecular flexibility index (Phi) is 11.8. The fourth-order valence-electron chi connectivity index (χ4n) is 4.37. The van der Waals surface area contributed by atoms with Gasteiger partial charge in [0, 0.05) is 41.5 Å². The number of carbonyl (C=O) groups excluding carboxylic acids is 6. The molecule has 0 saturated carbocycles. The fourth-order valence-corrected chi connectivity index (χ4v) is 4.37. The van der Waals surface area contributed by atoms with Gasteiger partial charge < -0.3 is 48.3 Å². The molecule has 40 heavy (non-hydrogen) atoms. The van der Waals surface area contributed by atoms with Gasteiger partial charge in [-0.15, -0.1) is 0 Å². The number of aliphatic hydroxyl groups is 1. The minimum Gasteiger partial charge on any atom is -0.463 e. The first-order chi connectivity index (χ1) is 18.6. The van der Waals surface area contributed by atoms with Gasteiger partial charge in [-0.1, -0.05) is 0 Å². The van der Waals surface area contributed by atoms with Gasteiger partial charge in [-0.25, -0.2) is 0 Å². The second-order valence-corrected chi connectivity index (χ2v) is 9.20. The summed E-state index contributed by atoms with van der Waals surface area (Å²) in [5.74, 6) is -4.51. The second kappa shape index (κ2) is 14.3. The molecule has 226 valence electrons. The zero-order chi connectivity index (χ0) is 30.3. The van der Waals surface area contributed by atoms with Crippen molar-refractivity contribution in [2.75, 3.05) is 6.61 Å². The molecule has 0 aliphatic carbocycles. The van der Waals surface area contributed by atoms with Crippen LogP contribution in [0.15, 0.2) is 0 Å². The number of hydrogen-bond donors (Lipinski definition) is 2. The van der Waals surface area contributed by atoms with E-state index in [9.17, 15) is 33.9 Å². The molecule has 2 fully saturated rings. The Balaban J connectivity index is 2.56. The number of aliphatic hydroxyl groups excluding tert-OH is 1. The minimum atomic E-state index is -1.76. The van der Waals surface area contributed by atoms with Crippen molar-refractivity contribution in [3.05, 3.63) is 0 Å². The monoisotopic (exact) mass is 577 g/mol. The van der Waals surface area contributed by atoms with Crippen molar-refractivity contribution >= 4 is 35.8 Å². The lowest BCUT2D eigenvalue weighted by Crippen LogP contribution is -2.68. The van der Waals surface area contributed by atoms with Crippen LogP contribution in [0.25, 0.3) is 0 Å². The summed E-state index contributed by atoms with van der Waals surface area (Å²) in [7, 11) is 0. The first kappa shape index (κ1) is 32.9. The van der Waals surface area contributed by atoms with Gasteiger partial charge in [0.05, 0.1) is 6.10 Å². The zero-order valence-corrected chi connectivity index (χ0v) is 23.1. The Bertz CT molecular complexity index is 970. The molecule has 2 saturated heterocycles. The van der Waals surface area contributed by atoms with Crippen LogP contribution < -0.4 is 5.32 Å². The molecule has 0 bridgehead atoms. The number of carbonyl (C=O) groups is 6. The Labute approximate surface area is 229 Å². The van der Waals surface area contributed by atoms with E-state index < -0.39 is 104 Å². The van der Waals surface area contributed by atoms with Crippen LogP contribution in [0.3, 0.4) is 0 Å². The molecule has 2 N–H and O–H groups in total. The summed E-state index contributed by atoms with van der Waals surface area (Å²) >= 11 is 0. The van der Waals surface area contributed by atoms with Crippen molar-refractivity contribution in [2.24, 2.45) is 0 Å². The molecule has 2 aliphatic rings. The fraction of sp³-hybridized carbons (Fsp3) is 0.750. The van der Waals surface area contributed by atoms with Crippen molar-refractivity contribution in [3.63, 3.8) is 0 Å². The Morgan fingerprint density at radius 2 is 1.18 bits per heavy atom. The van der Waals surface area contributed by atoms with E-state index in [-0.39, 0.29) is 0 Å². The van der Waals surface area contributed by atoms with Gasteiger partial charge in [0.1, 0.15) is 24.9 Å². The van der Waals surface area contributed by atoms with E-state index in [2.05, 4.69) is 5.32 Å². The average Bonchev–Trinajstić information content (AvgIpc) is 2.80. The quantitative estimate of drug-likeness (QED) is 0.239. The number of esters is 5. The molecule has 0 aromatic heterocycles. The third-order valence-electron chi connectivity index (χ3n) is 5.71. The van der Waals surface area contributed by atoms with E-state index in [0.29, 0.717) is 0 Å². The van der Waals surface area contributed by atoms with E-state index >= 15 is 0 Å². The van der Waals surface area contributed by atoms with Gasteiger partial charge in [-0.05, 0) is 6.92 Å². The van der Waals surface area contributed by atoms with Crippen LogP contribution in [-0.2, 0) is 66.7 Å². The number of ether oxygens (including phenoxy) is 8. The lowest BCUT2D eigenvalue weighted by Gasteiger charge is -2.48. The molecule has 2 rings (SSSR count). The van der Waals surface area contributed by atoms with Crippen LogP contribution in [0.2, 0.25) is 0 Å². The van der Waals surface area contributed by atoms with Gasteiger partial charge in [0.25, 0.3) is 0 Å². The standard InChI is InChI=1S/C24H35NO15/c1-9-18(35-12(4)28)21(37-14(6)30)22(38-15(7)31)24(34-9)40-20-17(25-10(2)26)23(32)39-16(8-33-11(3)27)19(20)36-13(5)29/h9,16-24,32H,8H2,1-7H3,(H,25,26)/t9?,16?,17-,18+,19+,20?,21-,22-,23+,24-/m0/s1. The molecule has 10 atom stereocenters. The summed E-state index contributed by atoms with van der Waals surface area (Å²) in [6.45, 7) is 7.63. The smallest absolute Gasteiger partial charge is 0.303 e. The summed E-state index contributed by atoms with van der Waals surface area (Å²) in [5, 5.41) is 13.2. The maximum atomic E-state index is 12.0. The predicted molar refractivity (Wildman–Crippen MR) is 127 cm³/mol. The molecule has 0 aromatic carbocycles. The molecule has 1 amide bonds. The number of nitrogens with one attached hydrogen (secondary N) is 1. The highest BCUT2D eigenvalue weighted by Gasteiger charge is 2.55.